The molecule has 3 fully saturated rings. The number of aromatic nitrogens is 8. The van der Waals surface area contributed by atoms with Gasteiger partial charge in [-0.1, -0.05) is 24.5 Å². The lowest BCUT2D eigenvalue weighted by molar-refractivity contribution is -0.0555. The maximum Gasteiger partial charge on any atom is 0.386 e. The predicted octanol–water partition coefficient (Wildman–Crippen LogP) is 0.511. The summed E-state index contributed by atoms with van der Waals surface area (Å²) in [4.78, 5) is 34.6. The number of nitrogens with one attached hydrogen (secondary N) is 1. The molecule has 10 atom stereocenters. The zero-order valence-electron chi connectivity index (χ0n) is 22.3. The minimum atomic E-state index is -4.39. The Morgan fingerprint density at radius 2 is 1.51 bits per heavy atom. The number of imidazole rings is 2. The molecule has 0 aliphatic carbocycles. The van der Waals surface area contributed by atoms with Gasteiger partial charge in [0.25, 0.3) is 5.56 Å². The molecular weight excluding hydrogens is 685 g/mol. The number of alkyl halides is 1. The van der Waals surface area contributed by atoms with Gasteiger partial charge in [-0.2, -0.15) is 4.98 Å². The molecule has 242 valence electrons. The average Bonchev–Trinajstić information content (AvgIpc) is 3.72. The van der Waals surface area contributed by atoms with Crippen LogP contribution in [0.4, 0.5) is 16.2 Å². The average molecular weight is 709 g/mol. The molecule has 3 saturated heterocycles. The van der Waals surface area contributed by atoms with E-state index in [1.54, 1.807) is 0 Å². The second-order valence-corrected chi connectivity index (χ2v) is 15.8. The normalized spacial score (nSPS) is 37.7. The number of hydrogen-bond acceptors (Lipinski definition) is 17. The number of nitrogen functional groups attached to an aromatic ring is 2. The molecule has 3 aliphatic rings. The third kappa shape index (κ3) is 5.54. The highest BCUT2D eigenvalue weighted by atomic mass is 32.7. The first-order chi connectivity index (χ1) is 21.3. The molecule has 45 heavy (non-hydrogen) atoms. The van der Waals surface area contributed by atoms with E-state index in [-0.39, 0.29) is 34.1 Å². The molecule has 25 heteroatoms. The van der Waals surface area contributed by atoms with Gasteiger partial charge >= 0.3 is 13.6 Å². The van der Waals surface area contributed by atoms with E-state index in [4.69, 9.17) is 39.0 Å². The zero-order chi connectivity index (χ0) is 31.8. The molecule has 0 saturated carbocycles. The summed E-state index contributed by atoms with van der Waals surface area (Å²) in [6.07, 6.45) is -8.65. The number of ether oxygens (including phenoxy) is 2. The van der Waals surface area contributed by atoms with Crippen LogP contribution in [-0.2, 0) is 36.7 Å². The van der Waals surface area contributed by atoms with E-state index < -0.39 is 81.5 Å². The van der Waals surface area contributed by atoms with Crippen LogP contribution in [0.15, 0.2) is 23.8 Å². The predicted molar refractivity (Wildman–Crippen MR) is 156 cm³/mol. The summed E-state index contributed by atoms with van der Waals surface area (Å²) < 4.78 is 78.9. The Bertz CT molecular complexity index is 1950. The highest BCUT2D eigenvalue weighted by molar-refractivity contribution is 8.44. The number of aliphatic hydroxyl groups is 1. The van der Waals surface area contributed by atoms with Gasteiger partial charge in [0.2, 0.25) is 5.95 Å². The fraction of sp³-hybridized carbons (Fsp3) is 0.500. The van der Waals surface area contributed by atoms with Crippen LogP contribution in [0.5, 0.6) is 0 Å². The fourth-order valence-corrected chi connectivity index (χ4v) is 8.25. The Morgan fingerprint density at radius 3 is 2.22 bits per heavy atom. The monoisotopic (exact) mass is 708 g/mol. The number of H-pyrrole nitrogens is 1. The molecule has 7 rings (SSSR count). The van der Waals surface area contributed by atoms with Gasteiger partial charge in [-0.15, -0.1) is 0 Å². The van der Waals surface area contributed by atoms with Crippen molar-refractivity contribution in [2.45, 2.75) is 49.1 Å². The Morgan fingerprint density at radius 1 is 0.911 bits per heavy atom. The quantitative estimate of drug-likeness (QED) is 0.122. The summed E-state index contributed by atoms with van der Waals surface area (Å²) in [5.74, 6) is -0.179. The zero-order valence-corrected chi connectivity index (χ0v) is 25.9. The number of halogens is 1. The lowest BCUT2D eigenvalue weighted by Crippen LogP contribution is -2.37. The van der Waals surface area contributed by atoms with Crippen LogP contribution >= 0.6 is 38.1 Å². The number of nitrogens with zero attached hydrogens (tertiary/aromatic N) is 7. The molecule has 20 nitrogen and oxygen atoms in total. The van der Waals surface area contributed by atoms with Crippen molar-refractivity contribution in [2.75, 3.05) is 24.7 Å². The molecule has 0 aromatic carbocycles. The van der Waals surface area contributed by atoms with Crippen LogP contribution in [-0.4, -0.2) is 94.0 Å². The van der Waals surface area contributed by atoms with Crippen LogP contribution in [0.25, 0.3) is 22.3 Å². The number of thiol groups is 2. The summed E-state index contributed by atoms with van der Waals surface area (Å²) in [5.41, 5.74) is 11.0. The standard InChI is InChI=1S/C20H23FN10O10P2S2/c21-8-12-6(38-18(8)30-4-26-9-14(22)24-3-25-15(9)30)1-36-43(35,45)41-13-7(2-37-42(34,44)40-12)39-19(11(13)32)31-5-27-10-16(31)28-20(23)29-17(10)33/h3-8,11-13,18-19,32H,1-2H2,(H,34,44)(H,35,45)(H2,22,24,25)(H3,23,28,29,33)/t6-,7-,8-,11-,12-,13-,18-,19-,42?,43-/m1/s1. The van der Waals surface area contributed by atoms with Crippen molar-refractivity contribution in [3.63, 3.8) is 0 Å². The topological polar surface area (TPSA) is 269 Å². The highest BCUT2D eigenvalue weighted by Crippen LogP contribution is 2.60. The van der Waals surface area contributed by atoms with Crippen molar-refractivity contribution >= 4 is 72.2 Å². The van der Waals surface area contributed by atoms with Crippen molar-refractivity contribution in [2.24, 2.45) is 0 Å². The van der Waals surface area contributed by atoms with Crippen LogP contribution < -0.4 is 17.0 Å². The van der Waals surface area contributed by atoms with Gasteiger partial charge in [0.1, 0.15) is 42.4 Å². The van der Waals surface area contributed by atoms with Crippen molar-refractivity contribution < 1.29 is 46.2 Å². The number of hydrogen-bond donors (Lipinski definition) is 6. The number of fused-ring (bicyclic) bond motifs is 4. The molecule has 7 heterocycles. The minimum absolute atomic E-state index is 0.0413. The molecule has 0 spiro atoms. The third-order valence-electron chi connectivity index (χ3n) is 7.28. The molecule has 0 amide bonds. The van der Waals surface area contributed by atoms with Crippen LogP contribution in [0, 0.1) is 0 Å². The fourth-order valence-electron chi connectivity index (χ4n) is 5.28. The minimum Gasteiger partial charge on any atom is -0.386 e. The molecule has 4 aromatic rings. The molecule has 3 aliphatic heterocycles. The van der Waals surface area contributed by atoms with Gasteiger partial charge in [-0.25, -0.2) is 33.5 Å². The summed E-state index contributed by atoms with van der Waals surface area (Å²) in [6.45, 7) is -10.0. The largest absolute Gasteiger partial charge is 0.386 e. The second kappa shape index (κ2) is 11.2. The Labute approximate surface area is 260 Å². The highest BCUT2D eigenvalue weighted by Gasteiger charge is 2.54. The van der Waals surface area contributed by atoms with Gasteiger partial charge in [-0.3, -0.25) is 37.0 Å². The molecule has 4 aromatic heterocycles. The number of rotatable bonds is 2. The van der Waals surface area contributed by atoms with Crippen LogP contribution in [0.2, 0.25) is 0 Å². The molecule has 0 radical (unpaired) electrons. The van der Waals surface area contributed by atoms with Crippen LogP contribution in [0.3, 0.4) is 0 Å². The summed E-state index contributed by atoms with van der Waals surface area (Å²) in [6, 6.07) is 0. The lowest BCUT2D eigenvalue weighted by atomic mass is 10.1. The van der Waals surface area contributed by atoms with E-state index in [0.717, 1.165) is 12.7 Å². The van der Waals surface area contributed by atoms with Gasteiger partial charge in [0.15, 0.2) is 41.3 Å². The van der Waals surface area contributed by atoms with Gasteiger partial charge in [0, 0.05) is 0 Å². The Kier molecular flexibility index (Phi) is 7.72. The first-order valence-electron chi connectivity index (χ1n) is 12.9. The van der Waals surface area contributed by atoms with Crippen LogP contribution in [0.1, 0.15) is 12.5 Å². The van der Waals surface area contributed by atoms with E-state index in [2.05, 4.69) is 54.4 Å². The third-order valence-corrected chi connectivity index (χ3v) is 10.5. The van der Waals surface area contributed by atoms with Gasteiger partial charge < -0.3 is 26.0 Å². The summed E-state index contributed by atoms with van der Waals surface area (Å²) in [5, 5.41) is 11.2. The maximum atomic E-state index is 16.0. The smallest absolute Gasteiger partial charge is 0.386 e. The van der Waals surface area contributed by atoms with Crippen molar-refractivity contribution in [1.82, 2.24) is 39.0 Å². The first kappa shape index (κ1) is 30.9. The summed E-state index contributed by atoms with van der Waals surface area (Å²) >= 11 is 8.03. The van der Waals surface area contributed by atoms with E-state index in [1.807, 2.05) is 0 Å². The van der Waals surface area contributed by atoms with Crippen molar-refractivity contribution in [3.05, 3.63) is 29.3 Å². The molecule has 0 bridgehead atoms. The SMILES string of the molecule is Nc1nc2c(ncn2[C@@H]2O[C@@H]3COP(=O)(S)O[C@H]4[C@@H](F)[C@H](n5cnc6c(N)ncnc65)O[C@@H]4CO[P@@](=O)(S)O[C@H]3[C@H]2O)c(=O)[nH]1. The Hall–Kier alpha value is -2.69. The van der Waals surface area contributed by atoms with Crippen molar-refractivity contribution in [3.8, 4) is 0 Å². The maximum absolute atomic E-state index is 16.0. The number of aromatic amines is 1. The lowest BCUT2D eigenvalue weighted by Gasteiger charge is -2.28. The van der Waals surface area contributed by atoms with E-state index in [0.29, 0.717) is 0 Å². The Balaban J connectivity index is 1.17. The first-order valence-corrected chi connectivity index (χ1v) is 18.3. The van der Waals surface area contributed by atoms with Gasteiger partial charge in [0.05, 0.1) is 25.9 Å². The van der Waals surface area contributed by atoms with E-state index in [1.165, 1.54) is 15.5 Å². The number of nitrogens with two attached hydrogens (primary N) is 2. The van der Waals surface area contributed by atoms with E-state index >= 15 is 4.39 Å². The van der Waals surface area contributed by atoms with Gasteiger partial charge in [-0.05, 0) is 0 Å². The number of aliphatic hydroxyl groups excluding tert-OH is 1. The van der Waals surface area contributed by atoms with Crippen molar-refractivity contribution in [1.29, 1.82) is 0 Å². The molecular formula is C20H23FN10O10P2S2. The van der Waals surface area contributed by atoms with E-state index in [9.17, 15) is 19.0 Å². The molecule has 1 unspecified atom stereocenters. The molecule has 6 N–H and O–H groups in total. The summed E-state index contributed by atoms with van der Waals surface area (Å²) in [7, 11) is 0. The second-order valence-electron chi connectivity index (χ2n) is 10.1. The number of anilines is 2.